The first-order chi connectivity index (χ1) is 7.81. The Morgan fingerprint density at radius 3 is 2.06 bits per heavy atom. The molecule has 0 aromatic heterocycles. The highest BCUT2D eigenvalue weighted by molar-refractivity contribution is 5.85. The van der Waals surface area contributed by atoms with Gasteiger partial charge in [-0.25, -0.2) is 0 Å². The molecule has 0 aromatic rings. The summed E-state index contributed by atoms with van der Waals surface area (Å²) in [5.74, 6) is -0.931. The van der Waals surface area contributed by atoms with E-state index in [1.165, 1.54) is 0 Å². The summed E-state index contributed by atoms with van der Waals surface area (Å²) in [4.78, 5) is 26.2. The van der Waals surface area contributed by atoms with Crippen LogP contribution in [0.5, 0.6) is 0 Å². The first-order valence-electron chi connectivity index (χ1n) is 6.03. The van der Waals surface area contributed by atoms with E-state index in [0.29, 0.717) is 6.54 Å². The number of carboxylic acid groups (broad SMARTS) is 1. The SMILES string of the molecule is CCCN(CC(=O)O)C(C)C(=O)N(C)C(C)C.Cl. The van der Waals surface area contributed by atoms with E-state index in [0.717, 1.165) is 6.42 Å². The standard InChI is InChI=1S/C12H24N2O3.ClH/c1-6-7-14(8-11(15)16)10(4)12(17)13(5)9(2)3;/h9-10H,6-8H2,1-5H3,(H,15,16);1H. The molecule has 0 fully saturated rings. The highest BCUT2D eigenvalue weighted by Crippen LogP contribution is 2.06. The third-order valence-corrected chi connectivity index (χ3v) is 2.88. The maximum atomic E-state index is 12.1. The molecule has 0 aliphatic heterocycles. The Hall–Kier alpha value is -0.810. The van der Waals surface area contributed by atoms with Gasteiger partial charge in [-0.3, -0.25) is 14.5 Å². The average Bonchev–Trinajstić information content (AvgIpc) is 2.24. The summed E-state index contributed by atoms with van der Waals surface area (Å²) >= 11 is 0. The van der Waals surface area contributed by atoms with Gasteiger partial charge in [-0.1, -0.05) is 6.92 Å². The van der Waals surface area contributed by atoms with Gasteiger partial charge >= 0.3 is 5.97 Å². The molecule has 1 unspecified atom stereocenters. The van der Waals surface area contributed by atoms with Gasteiger partial charge in [0, 0.05) is 13.1 Å². The van der Waals surface area contributed by atoms with Crippen molar-refractivity contribution < 1.29 is 14.7 Å². The van der Waals surface area contributed by atoms with Crippen molar-refractivity contribution in [2.75, 3.05) is 20.1 Å². The normalized spacial score (nSPS) is 12.2. The Bertz CT molecular complexity index is 272. The number of halogens is 1. The molecule has 0 radical (unpaired) electrons. The van der Waals surface area contributed by atoms with Crippen LogP contribution >= 0.6 is 12.4 Å². The zero-order valence-corrected chi connectivity index (χ0v) is 12.7. The van der Waals surface area contributed by atoms with Crippen molar-refractivity contribution in [1.82, 2.24) is 9.80 Å². The minimum atomic E-state index is -0.898. The molecule has 1 N–H and O–H groups in total. The molecular weight excluding hydrogens is 256 g/mol. The maximum Gasteiger partial charge on any atom is 0.317 e. The predicted octanol–water partition coefficient (Wildman–Crippen LogP) is 1.46. The molecule has 0 spiro atoms. The number of hydrogen-bond donors (Lipinski definition) is 1. The Kier molecular flexibility index (Phi) is 9.94. The molecule has 108 valence electrons. The Balaban J connectivity index is 0. The van der Waals surface area contributed by atoms with E-state index in [4.69, 9.17) is 5.11 Å². The van der Waals surface area contributed by atoms with Gasteiger partial charge in [0.25, 0.3) is 0 Å². The highest BCUT2D eigenvalue weighted by atomic mass is 35.5. The van der Waals surface area contributed by atoms with Crippen molar-refractivity contribution in [2.45, 2.75) is 46.2 Å². The fourth-order valence-corrected chi connectivity index (χ4v) is 1.58. The number of aliphatic carboxylic acids is 1. The van der Waals surface area contributed by atoms with E-state index in [1.807, 2.05) is 20.8 Å². The molecule has 0 heterocycles. The van der Waals surface area contributed by atoms with Crippen LogP contribution in [0.2, 0.25) is 0 Å². The fourth-order valence-electron chi connectivity index (χ4n) is 1.58. The zero-order valence-electron chi connectivity index (χ0n) is 11.8. The van der Waals surface area contributed by atoms with Crippen LogP contribution in [-0.2, 0) is 9.59 Å². The lowest BCUT2D eigenvalue weighted by Crippen LogP contribution is -2.49. The van der Waals surface area contributed by atoms with Crippen molar-refractivity contribution in [3.05, 3.63) is 0 Å². The second-order valence-electron chi connectivity index (χ2n) is 4.58. The number of carboxylic acids is 1. The summed E-state index contributed by atoms with van der Waals surface area (Å²) in [5.41, 5.74) is 0. The molecule has 0 aliphatic carbocycles. The lowest BCUT2D eigenvalue weighted by atomic mass is 10.2. The van der Waals surface area contributed by atoms with Crippen LogP contribution in [0.4, 0.5) is 0 Å². The third kappa shape index (κ3) is 6.21. The minimum absolute atomic E-state index is 0. The van der Waals surface area contributed by atoms with E-state index < -0.39 is 12.0 Å². The Labute approximate surface area is 116 Å². The van der Waals surface area contributed by atoms with Gasteiger partial charge in [-0.2, -0.15) is 0 Å². The molecule has 0 rings (SSSR count). The molecule has 0 aromatic carbocycles. The zero-order chi connectivity index (χ0) is 13.6. The largest absolute Gasteiger partial charge is 0.480 e. The number of hydrogen-bond acceptors (Lipinski definition) is 3. The number of likely N-dealkylation sites (N-methyl/N-ethyl adjacent to an activating group) is 1. The van der Waals surface area contributed by atoms with E-state index in [9.17, 15) is 9.59 Å². The molecule has 5 nitrogen and oxygen atoms in total. The first kappa shape index (κ1) is 19.5. The van der Waals surface area contributed by atoms with Crippen LogP contribution in [0, 0.1) is 0 Å². The molecule has 0 bridgehead atoms. The average molecular weight is 281 g/mol. The fraction of sp³-hybridized carbons (Fsp3) is 0.833. The minimum Gasteiger partial charge on any atom is -0.480 e. The van der Waals surface area contributed by atoms with Gasteiger partial charge in [0.15, 0.2) is 0 Å². The molecule has 0 aliphatic rings. The van der Waals surface area contributed by atoms with Crippen LogP contribution in [-0.4, -0.2) is 59.0 Å². The molecule has 6 heteroatoms. The summed E-state index contributed by atoms with van der Waals surface area (Å²) in [7, 11) is 1.74. The van der Waals surface area contributed by atoms with Crippen molar-refractivity contribution in [3.63, 3.8) is 0 Å². The second-order valence-corrected chi connectivity index (χ2v) is 4.58. The third-order valence-electron chi connectivity index (χ3n) is 2.88. The first-order valence-corrected chi connectivity index (χ1v) is 6.03. The molecule has 18 heavy (non-hydrogen) atoms. The summed E-state index contributed by atoms with van der Waals surface area (Å²) in [5, 5.41) is 8.82. The van der Waals surface area contributed by atoms with E-state index in [-0.39, 0.29) is 30.9 Å². The van der Waals surface area contributed by atoms with E-state index in [1.54, 1.807) is 23.8 Å². The van der Waals surface area contributed by atoms with Crippen molar-refractivity contribution in [2.24, 2.45) is 0 Å². The predicted molar refractivity (Wildman–Crippen MR) is 74.1 cm³/mol. The summed E-state index contributed by atoms with van der Waals surface area (Å²) in [6.45, 7) is 8.13. The number of carbonyl (C=O) groups excluding carboxylic acids is 1. The van der Waals surface area contributed by atoms with Gasteiger partial charge in [-0.05, 0) is 33.7 Å². The molecule has 0 saturated carbocycles. The molecule has 0 saturated heterocycles. The van der Waals surface area contributed by atoms with E-state index in [2.05, 4.69) is 0 Å². The monoisotopic (exact) mass is 280 g/mol. The van der Waals surface area contributed by atoms with Gasteiger partial charge in [-0.15, -0.1) is 12.4 Å². The number of nitrogens with zero attached hydrogens (tertiary/aromatic N) is 2. The second kappa shape index (κ2) is 9.16. The van der Waals surface area contributed by atoms with Gasteiger partial charge in [0.05, 0.1) is 12.6 Å². The summed E-state index contributed by atoms with van der Waals surface area (Å²) < 4.78 is 0. The van der Waals surface area contributed by atoms with Gasteiger partial charge in [0.1, 0.15) is 0 Å². The van der Waals surface area contributed by atoms with Crippen molar-refractivity contribution in [1.29, 1.82) is 0 Å². The van der Waals surface area contributed by atoms with Gasteiger partial charge in [0.2, 0.25) is 5.91 Å². The summed E-state index contributed by atoms with van der Waals surface area (Å²) in [6.07, 6.45) is 0.830. The number of amides is 1. The quantitative estimate of drug-likeness (QED) is 0.767. The maximum absolute atomic E-state index is 12.1. The van der Waals surface area contributed by atoms with E-state index >= 15 is 0 Å². The molecule has 1 atom stereocenters. The number of rotatable bonds is 7. The van der Waals surface area contributed by atoms with Crippen LogP contribution < -0.4 is 0 Å². The molecular formula is C12H25ClN2O3. The van der Waals surface area contributed by atoms with Crippen LogP contribution in [0.3, 0.4) is 0 Å². The van der Waals surface area contributed by atoms with Crippen LogP contribution in [0.1, 0.15) is 34.1 Å². The number of carbonyl (C=O) groups is 2. The van der Waals surface area contributed by atoms with Crippen molar-refractivity contribution in [3.8, 4) is 0 Å². The Morgan fingerprint density at radius 2 is 1.72 bits per heavy atom. The topological polar surface area (TPSA) is 60.9 Å². The lowest BCUT2D eigenvalue weighted by molar-refractivity contribution is -0.142. The van der Waals surface area contributed by atoms with Crippen LogP contribution in [0.25, 0.3) is 0 Å². The molecule has 1 amide bonds. The summed E-state index contributed by atoms with van der Waals surface area (Å²) in [6, 6.07) is -0.267. The van der Waals surface area contributed by atoms with Gasteiger partial charge < -0.3 is 10.0 Å². The van der Waals surface area contributed by atoms with Crippen LogP contribution in [0.15, 0.2) is 0 Å². The smallest absolute Gasteiger partial charge is 0.317 e. The highest BCUT2D eigenvalue weighted by Gasteiger charge is 2.26. The lowest BCUT2D eigenvalue weighted by Gasteiger charge is -2.31. The van der Waals surface area contributed by atoms with Crippen molar-refractivity contribution >= 4 is 24.3 Å². The Morgan fingerprint density at radius 1 is 1.22 bits per heavy atom.